The van der Waals surface area contributed by atoms with Crippen LogP contribution < -0.4 is 27.8 Å². The van der Waals surface area contributed by atoms with E-state index >= 15 is 0 Å². The number of nitrogens with two attached hydrogens (primary N) is 3. The topological polar surface area (TPSA) is 231 Å². The number of carboxylic acid groups (broad SMARTS) is 1. The lowest BCUT2D eigenvalue weighted by Gasteiger charge is -2.29. The normalized spacial score (nSPS) is 18.5. The molecule has 0 aliphatic carbocycles. The third-order valence-corrected chi connectivity index (χ3v) is 5.23. The lowest BCUT2D eigenvalue weighted by molar-refractivity contribution is -0.145. The molecule has 0 aromatic rings. The van der Waals surface area contributed by atoms with Crippen LogP contribution in [0.1, 0.15) is 44.9 Å². The molecule has 10 N–H and O–H groups in total. The van der Waals surface area contributed by atoms with Crippen molar-refractivity contribution in [3.63, 3.8) is 0 Å². The zero-order valence-electron chi connectivity index (χ0n) is 18.0. The molecule has 4 atom stereocenters. The predicted octanol–water partition coefficient (Wildman–Crippen LogP) is -3.25. The standard InChI is InChI=1S/C19H34N6O7/c20-8-2-1-4-13(19(31)32)24-17(29)14-5-3-9-25(14)18(30)12(6-7-15(22)27)23-16(28)11(21)10-26/h11-14,26H,1-10,20-21H2,(H2,22,27)(H,23,28)(H,24,29)(H,31,32). The first-order chi connectivity index (χ1) is 15.1. The minimum Gasteiger partial charge on any atom is -0.480 e. The Labute approximate surface area is 186 Å². The molecule has 0 bridgehead atoms. The number of hydrogen-bond acceptors (Lipinski definition) is 8. The van der Waals surface area contributed by atoms with Gasteiger partial charge >= 0.3 is 5.97 Å². The van der Waals surface area contributed by atoms with Crippen LogP contribution >= 0.6 is 0 Å². The Morgan fingerprint density at radius 1 is 1.06 bits per heavy atom. The van der Waals surface area contributed by atoms with Gasteiger partial charge in [-0.25, -0.2) is 4.79 Å². The molecule has 0 saturated carbocycles. The van der Waals surface area contributed by atoms with E-state index in [9.17, 15) is 29.1 Å². The van der Waals surface area contributed by atoms with Crippen molar-refractivity contribution < 1.29 is 34.2 Å². The molecular formula is C19H34N6O7. The molecule has 32 heavy (non-hydrogen) atoms. The summed E-state index contributed by atoms with van der Waals surface area (Å²) in [5.74, 6) is -3.88. The first kappa shape index (κ1) is 27.3. The number of nitrogens with zero attached hydrogens (tertiary/aromatic N) is 1. The molecule has 0 spiro atoms. The Balaban J connectivity index is 2.91. The smallest absolute Gasteiger partial charge is 0.326 e. The monoisotopic (exact) mass is 458 g/mol. The maximum atomic E-state index is 13.1. The number of rotatable bonds is 14. The number of unbranched alkanes of at least 4 members (excludes halogenated alkanes) is 1. The maximum Gasteiger partial charge on any atom is 0.326 e. The Hall–Kier alpha value is -2.77. The lowest BCUT2D eigenvalue weighted by Crippen LogP contribution is -2.57. The van der Waals surface area contributed by atoms with Gasteiger partial charge in [0.25, 0.3) is 0 Å². The van der Waals surface area contributed by atoms with E-state index in [1.807, 2.05) is 0 Å². The van der Waals surface area contributed by atoms with E-state index in [-0.39, 0.29) is 25.8 Å². The number of nitrogens with one attached hydrogen (secondary N) is 2. The Morgan fingerprint density at radius 3 is 2.31 bits per heavy atom. The van der Waals surface area contributed by atoms with E-state index < -0.39 is 60.4 Å². The maximum absolute atomic E-state index is 13.1. The van der Waals surface area contributed by atoms with Gasteiger partial charge in [0.1, 0.15) is 24.2 Å². The SMILES string of the molecule is NCCCCC(NC(=O)C1CCCN1C(=O)C(CCC(N)=O)NC(=O)C(N)CO)C(=O)O. The first-order valence-electron chi connectivity index (χ1n) is 10.6. The van der Waals surface area contributed by atoms with Gasteiger partial charge in [0.15, 0.2) is 0 Å². The summed E-state index contributed by atoms with van der Waals surface area (Å²) in [7, 11) is 0. The van der Waals surface area contributed by atoms with E-state index in [1.165, 1.54) is 4.90 Å². The summed E-state index contributed by atoms with van der Waals surface area (Å²) in [5.41, 5.74) is 16.0. The van der Waals surface area contributed by atoms with Crippen molar-refractivity contribution in [3.8, 4) is 0 Å². The number of amides is 4. The second kappa shape index (κ2) is 13.6. The molecule has 1 saturated heterocycles. The van der Waals surface area contributed by atoms with Crippen LogP contribution in [0.4, 0.5) is 0 Å². The molecule has 1 heterocycles. The molecule has 1 aliphatic heterocycles. The summed E-state index contributed by atoms with van der Waals surface area (Å²) in [6.07, 6.45) is 1.85. The van der Waals surface area contributed by atoms with Gasteiger partial charge in [-0.15, -0.1) is 0 Å². The Kier molecular flexibility index (Phi) is 11.6. The number of hydrogen-bond donors (Lipinski definition) is 7. The number of likely N-dealkylation sites (tertiary alicyclic amines) is 1. The number of aliphatic hydroxyl groups is 1. The number of primary amides is 1. The molecule has 182 valence electrons. The first-order valence-corrected chi connectivity index (χ1v) is 10.6. The number of aliphatic carboxylic acids is 1. The average molecular weight is 459 g/mol. The van der Waals surface area contributed by atoms with Crippen LogP contribution in [0.25, 0.3) is 0 Å². The highest BCUT2D eigenvalue weighted by molar-refractivity contribution is 5.94. The van der Waals surface area contributed by atoms with Gasteiger partial charge in [-0.3, -0.25) is 19.2 Å². The summed E-state index contributed by atoms with van der Waals surface area (Å²) in [6.45, 7) is -0.0155. The highest BCUT2D eigenvalue weighted by Crippen LogP contribution is 2.20. The molecular weight excluding hydrogens is 424 g/mol. The summed E-state index contributed by atoms with van der Waals surface area (Å²) in [6, 6.07) is -4.47. The quantitative estimate of drug-likeness (QED) is 0.129. The fraction of sp³-hybridized carbons (Fsp3) is 0.737. The molecule has 1 aliphatic rings. The highest BCUT2D eigenvalue weighted by Gasteiger charge is 2.39. The summed E-state index contributed by atoms with van der Waals surface area (Å²) >= 11 is 0. The molecule has 13 heteroatoms. The lowest BCUT2D eigenvalue weighted by atomic mass is 10.1. The predicted molar refractivity (Wildman–Crippen MR) is 113 cm³/mol. The van der Waals surface area contributed by atoms with E-state index in [1.54, 1.807) is 0 Å². The fourth-order valence-corrected chi connectivity index (χ4v) is 3.43. The zero-order chi connectivity index (χ0) is 24.3. The Morgan fingerprint density at radius 2 is 1.75 bits per heavy atom. The van der Waals surface area contributed by atoms with Crippen LogP contribution in [0.15, 0.2) is 0 Å². The van der Waals surface area contributed by atoms with Gasteiger partial charge < -0.3 is 42.9 Å². The fourth-order valence-electron chi connectivity index (χ4n) is 3.43. The molecule has 4 unspecified atom stereocenters. The minimum atomic E-state index is -1.26. The number of carbonyl (C=O) groups is 5. The van der Waals surface area contributed by atoms with Gasteiger partial charge in [0, 0.05) is 13.0 Å². The van der Waals surface area contributed by atoms with Crippen LogP contribution in [0.5, 0.6) is 0 Å². The van der Waals surface area contributed by atoms with Crippen molar-refractivity contribution in [2.45, 2.75) is 69.1 Å². The second-order valence-corrected chi connectivity index (χ2v) is 7.73. The molecule has 1 fully saturated rings. The van der Waals surface area contributed by atoms with Crippen molar-refractivity contribution in [2.24, 2.45) is 17.2 Å². The van der Waals surface area contributed by atoms with Crippen molar-refractivity contribution in [1.82, 2.24) is 15.5 Å². The van der Waals surface area contributed by atoms with Crippen LogP contribution in [-0.4, -0.2) is 88.6 Å². The molecule has 0 aromatic heterocycles. The van der Waals surface area contributed by atoms with Crippen LogP contribution in [0, 0.1) is 0 Å². The van der Waals surface area contributed by atoms with Crippen molar-refractivity contribution >= 4 is 29.6 Å². The molecule has 0 radical (unpaired) electrons. The molecule has 4 amide bonds. The van der Waals surface area contributed by atoms with Gasteiger partial charge in [-0.05, 0) is 45.1 Å². The highest BCUT2D eigenvalue weighted by atomic mass is 16.4. The van der Waals surface area contributed by atoms with Gasteiger partial charge in [-0.2, -0.15) is 0 Å². The van der Waals surface area contributed by atoms with Crippen molar-refractivity contribution in [2.75, 3.05) is 19.7 Å². The summed E-state index contributed by atoms with van der Waals surface area (Å²) in [4.78, 5) is 61.9. The second-order valence-electron chi connectivity index (χ2n) is 7.73. The van der Waals surface area contributed by atoms with E-state index in [2.05, 4.69) is 10.6 Å². The van der Waals surface area contributed by atoms with Crippen molar-refractivity contribution in [1.29, 1.82) is 0 Å². The Bertz CT molecular complexity index is 689. The third-order valence-electron chi connectivity index (χ3n) is 5.23. The molecule has 1 rings (SSSR count). The largest absolute Gasteiger partial charge is 0.480 e. The van der Waals surface area contributed by atoms with E-state index in [4.69, 9.17) is 22.3 Å². The third kappa shape index (κ3) is 8.40. The average Bonchev–Trinajstić information content (AvgIpc) is 3.24. The summed E-state index contributed by atoms with van der Waals surface area (Å²) < 4.78 is 0. The van der Waals surface area contributed by atoms with E-state index in [0.717, 1.165) is 0 Å². The number of carbonyl (C=O) groups excluding carboxylic acids is 4. The number of carboxylic acids is 1. The molecule has 0 aromatic carbocycles. The zero-order valence-corrected chi connectivity index (χ0v) is 18.0. The van der Waals surface area contributed by atoms with Crippen LogP contribution in [-0.2, 0) is 24.0 Å². The van der Waals surface area contributed by atoms with Gasteiger partial charge in [-0.1, -0.05) is 0 Å². The van der Waals surface area contributed by atoms with Gasteiger partial charge in [0.2, 0.25) is 23.6 Å². The molecule has 13 nitrogen and oxygen atoms in total. The summed E-state index contributed by atoms with van der Waals surface area (Å²) in [5, 5.41) is 23.3. The van der Waals surface area contributed by atoms with Gasteiger partial charge in [0.05, 0.1) is 6.61 Å². The van der Waals surface area contributed by atoms with Crippen LogP contribution in [0.3, 0.4) is 0 Å². The number of aliphatic hydroxyl groups excluding tert-OH is 1. The van der Waals surface area contributed by atoms with E-state index in [0.29, 0.717) is 32.2 Å². The minimum absolute atomic E-state index is 0.111. The van der Waals surface area contributed by atoms with Crippen molar-refractivity contribution in [3.05, 3.63) is 0 Å². The van der Waals surface area contributed by atoms with Crippen LogP contribution in [0.2, 0.25) is 0 Å².